The van der Waals surface area contributed by atoms with Crippen molar-refractivity contribution >= 4 is 11.8 Å². The Morgan fingerprint density at radius 2 is 2.26 bits per heavy atom. The lowest BCUT2D eigenvalue weighted by atomic mass is 9.99. The van der Waals surface area contributed by atoms with Crippen molar-refractivity contribution in [2.75, 3.05) is 19.7 Å². The number of likely N-dealkylation sites (tertiary alicyclic amines) is 1. The minimum atomic E-state index is -0.798. The van der Waals surface area contributed by atoms with Gasteiger partial charge in [-0.25, -0.2) is 5.48 Å². The van der Waals surface area contributed by atoms with Gasteiger partial charge in [-0.05, 0) is 12.5 Å². The number of benzene rings is 1. The molecule has 2 aliphatic heterocycles. The van der Waals surface area contributed by atoms with Crippen molar-refractivity contribution in [3.05, 3.63) is 29.8 Å². The highest BCUT2D eigenvalue weighted by molar-refractivity contribution is 5.80. The van der Waals surface area contributed by atoms with Gasteiger partial charge in [0.25, 0.3) is 5.91 Å². The molecule has 124 valence electrons. The molecule has 0 radical (unpaired) electrons. The normalized spacial score (nSPS) is 23.3. The Kier molecular flexibility index (Phi) is 4.78. The number of aliphatic hydroxyl groups is 1. The van der Waals surface area contributed by atoms with Gasteiger partial charge in [0.15, 0.2) is 6.10 Å². The van der Waals surface area contributed by atoms with Crippen LogP contribution in [-0.2, 0) is 14.4 Å². The Labute approximate surface area is 134 Å². The quantitative estimate of drug-likeness (QED) is 0.611. The smallest absolute Gasteiger partial charge is 0.284 e. The van der Waals surface area contributed by atoms with E-state index >= 15 is 0 Å². The van der Waals surface area contributed by atoms with E-state index in [4.69, 9.17) is 9.57 Å². The predicted molar refractivity (Wildman–Crippen MR) is 80.3 cm³/mol. The van der Waals surface area contributed by atoms with E-state index in [0.29, 0.717) is 24.3 Å². The number of carbonyl (C=O) groups is 2. The first-order chi connectivity index (χ1) is 11.1. The van der Waals surface area contributed by atoms with Crippen LogP contribution in [0.4, 0.5) is 0 Å². The number of nitrogens with zero attached hydrogens (tertiary/aromatic N) is 1. The first-order valence-electron chi connectivity index (χ1n) is 7.78. The van der Waals surface area contributed by atoms with Crippen LogP contribution in [0.2, 0.25) is 0 Å². The summed E-state index contributed by atoms with van der Waals surface area (Å²) in [5.74, 6) is 0.190. The van der Waals surface area contributed by atoms with Gasteiger partial charge in [-0.2, -0.15) is 0 Å². The lowest BCUT2D eigenvalue weighted by molar-refractivity contribution is -0.144. The van der Waals surface area contributed by atoms with Crippen LogP contribution >= 0.6 is 0 Å². The molecule has 1 fully saturated rings. The van der Waals surface area contributed by atoms with Crippen molar-refractivity contribution in [3.63, 3.8) is 0 Å². The van der Waals surface area contributed by atoms with Crippen LogP contribution < -0.4 is 10.2 Å². The highest BCUT2D eigenvalue weighted by Gasteiger charge is 2.31. The zero-order chi connectivity index (χ0) is 16.2. The molecular formula is C16H20N2O5. The van der Waals surface area contributed by atoms with E-state index in [1.165, 1.54) is 0 Å². The Hall–Kier alpha value is -2.12. The first-order valence-corrected chi connectivity index (χ1v) is 7.78. The monoisotopic (exact) mass is 320 g/mol. The minimum absolute atomic E-state index is 0.121. The summed E-state index contributed by atoms with van der Waals surface area (Å²) >= 11 is 0. The fourth-order valence-electron chi connectivity index (χ4n) is 2.84. The second-order valence-electron chi connectivity index (χ2n) is 5.69. The van der Waals surface area contributed by atoms with Gasteiger partial charge in [0.1, 0.15) is 5.75 Å². The van der Waals surface area contributed by atoms with Gasteiger partial charge in [-0.3, -0.25) is 14.4 Å². The Bertz CT molecular complexity index is 592. The summed E-state index contributed by atoms with van der Waals surface area (Å²) < 4.78 is 5.60. The molecule has 2 atom stereocenters. The molecule has 0 saturated carbocycles. The SMILES string of the molecule is O=C(NOCCN1CCCC1=O)[C@H]1C[C@@H](O)c2ccccc2O1. The van der Waals surface area contributed by atoms with Crippen LogP contribution in [0.15, 0.2) is 24.3 Å². The van der Waals surface area contributed by atoms with Gasteiger partial charge >= 0.3 is 0 Å². The van der Waals surface area contributed by atoms with Crippen LogP contribution in [0.5, 0.6) is 5.75 Å². The van der Waals surface area contributed by atoms with Crippen LogP contribution in [0, 0.1) is 0 Å². The van der Waals surface area contributed by atoms with Gasteiger partial charge < -0.3 is 14.7 Å². The number of para-hydroxylation sites is 1. The number of rotatable bonds is 5. The van der Waals surface area contributed by atoms with E-state index < -0.39 is 18.1 Å². The molecule has 0 spiro atoms. The fourth-order valence-corrected chi connectivity index (χ4v) is 2.84. The molecule has 1 aromatic rings. The van der Waals surface area contributed by atoms with Crippen LogP contribution in [-0.4, -0.2) is 47.6 Å². The van der Waals surface area contributed by atoms with Crippen LogP contribution in [0.1, 0.15) is 30.9 Å². The third-order valence-corrected chi connectivity index (χ3v) is 4.08. The average Bonchev–Trinajstić information content (AvgIpc) is 2.96. The molecule has 2 heterocycles. The molecule has 0 aliphatic carbocycles. The summed E-state index contributed by atoms with van der Waals surface area (Å²) in [4.78, 5) is 30.3. The van der Waals surface area contributed by atoms with Crippen molar-refractivity contribution in [2.24, 2.45) is 0 Å². The number of hydrogen-bond acceptors (Lipinski definition) is 5. The molecule has 0 unspecified atom stereocenters. The molecule has 2 aliphatic rings. The molecule has 0 aromatic heterocycles. The van der Waals surface area contributed by atoms with E-state index in [0.717, 1.165) is 13.0 Å². The summed E-state index contributed by atoms with van der Waals surface area (Å²) in [6, 6.07) is 7.10. The molecular weight excluding hydrogens is 300 g/mol. The Morgan fingerprint density at radius 1 is 1.43 bits per heavy atom. The Balaban J connectivity index is 1.45. The topological polar surface area (TPSA) is 88.1 Å². The maximum absolute atomic E-state index is 12.1. The zero-order valence-electron chi connectivity index (χ0n) is 12.7. The number of amides is 2. The number of aliphatic hydroxyl groups excluding tert-OH is 1. The number of carbonyl (C=O) groups excluding carboxylic acids is 2. The van der Waals surface area contributed by atoms with Crippen LogP contribution in [0.3, 0.4) is 0 Å². The fraction of sp³-hybridized carbons (Fsp3) is 0.500. The molecule has 2 N–H and O–H groups in total. The Morgan fingerprint density at radius 3 is 3.04 bits per heavy atom. The maximum atomic E-state index is 12.1. The summed E-state index contributed by atoms with van der Waals surface area (Å²) in [6.45, 7) is 1.42. The highest BCUT2D eigenvalue weighted by atomic mass is 16.7. The maximum Gasteiger partial charge on any atom is 0.284 e. The molecule has 0 bridgehead atoms. The van der Waals surface area contributed by atoms with E-state index in [-0.39, 0.29) is 18.9 Å². The molecule has 3 rings (SSSR count). The lowest BCUT2D eigenvalue weighted by Crippen LogP contribution is -2.42. The summed E-state index contributed by atoms with van der Waals surface area (Å²) in [6.07, 6.45) is 0.0978. The molecule has 2 amide bonds. The largest absolute Gasteiger partial charge is 0.480 e. The first kappa shape index (κ1) is 15.8. The van der Waals surface area contributed by atoms with Crippen LogP contribution in [0.25, 0.3) is 0 Å². The second kappa shape index (κ2) is 6.97. The predicted octanol–water partition coefficient (Wildman–Crippen LogP) is 0.541. The van der Waals surface area contributed by atoms with E-state index in [1.54, 1.807) is 23.1 Å². The van der Waals surface area contributed by atoms with Crippen molar-refractivity contribution in [2.45, 2.75) is 31.5 Å². The number of ether oxygens (including phenoxy) is 1. The standard InChI is InChI=1S/C16H20N2O5/c19-12-10-14(23-13-5-2-1-4-11(12)13)16(21)17-22-9-8-18-7-3-6-15(18)20/h1-2,4-5,12,14,19H,3,6-10H2,(H,17,21)/t12-,14-/m1/s1. The van der Waals surface area contributed by atoms with Gasteiger partial charge in [-0.1, -0.05) is 18.2 Å². The minimum Gasteiger partial charge on any atom is -0.480 e. The molecule has 23 heavy (non-hydrogen) atoms. The van der Waals surface area contributed by atoms with Gasteiger partial charge in [0.2, 0.25) is 5.91 Å². The van der Waals surface area contributed by atoms with E-state index in [9.17, 15) is 14.7 Å². The van der Waals surface area contributed by atoms with E-state index in [2.05, 4.69) is 5.48 Å². The van der Waals surface area contributed by atoms with Gasteiger partial charge in [-0.15, -0.1) is 0 Å². The van der Waals surface area contributed by atoms with Crippen molar-refractivity contribution in [3.8, 4) is 5.75 Å². The number of nitrogens with one attached hydrogen (secondary N) is 1. The van der Waals surface area contributed by atoms with E-state index in [1.807, 2.05) is 6.07 Å². The third kappa shape index (κ3) is 3.62. The van der Waals surface area contributed by atoms with Gasteiger partial charge in [0, 0.05) is 31.5 Å². The summed E-state index contributed by atoms with van der Waals surface area (Å²) in [5.41, 5.74) is 3.01. The second-order valence-corrected chi connectivity index (χ2v) is 5.69. The highest BCUT2D eigenvalue weighted by Crippen LogP contribution is 2.34. The van der Waals surface area contributed by atoms with Crippen molar-refractivity contribution < 1.29 is 24.3 Å². The summed E-state index contributed by atoms with van der Waals surface area (Å²) in [7, 11) is 0. The molecule has 1 saturated heterocycles. The third-order valence-electron chi connectivity index (χ3n) is 4.08. The summed E-state index contributed by atoms with van der Waals surface area (Å²) in [5, 5.41) is 10.1. The zero-order valence-corrected chi connectivity index (χ0v) is 12.7. The number of fused-ring (bicyclic) bond motifs is 1. The average molecular weight is 320 g/mol. The molecule has 7 heteroatoms. The number of hydrogen-bond donors (Lipinski definition) is 2. The van der Waals surface area contributed by atoms with Gasteiger partial charge in [0.05, 0.1) is 12.7 Å². The molecule has 7 nitrogen and oxygen atoms in total. The lowest BCUT2D eigenvalue weighted by Gasteiger charge is -2.28. The molecule has 1 aromatic carbocycles. The van der Waals surface area contributed by atoms with Crippen molar-refractivity contribution in [1.29, 1.82) is 0 Å². The number of hydroxylamine groups is 1. The van der Waals surface area contributed by atoms with Crippen molar-refractivity contribution in [1.82, 2.24) is 10.4 Å².